The van der Waals surface area contributed by atoms with Crippen LogP contribution in [-0.2, 0) is 14.8 Å². The van der Waals surface area contributed by atoms with E-state index in [0.717, 1.165) is 6.07 Å². The normalized spacial score (nSPS) is 13.4. The van der Waals surface area contributed by atoms with Gasteiger partial charge in [-0.1, -0.05) is 6.07 Å². The summed E-state index contributed by atoms with van der Waals surface area (Å²) in [5.74, 6) is -1.43. The van der Waals surface area contributed by atoms with E-state index in [1.165, 1.54) is 26.0 Å². The molecule has 5 nitrogen and oxygen atoms in total. The number of halogens is 1. The van der Waals surface area contributed by atoms with Gasteiger partial charge in [0.25, 0.3) is 0 Å². The van der Waals surface area contributed by atoms with Gasteiger partial charge in [-0.15, -0.1) is 0 Å². The Balaban J connectivity index is 3.14. The fourth-order valence-corrected chi connectivity index (χ4v) is 2.70. The van der Waals surface area contributed by atoms with Crippen LogP contribution in [-0.4, -0.2) is 20.4 Å². The van der Waals surface area contributed by atoms with Gasteiger partial charge in [-0.25, -0.2) is 12.8 Å². The lowest BCUT2D eigenvalue weighted by Crippen LogP contribution is -2.42. The van der Waals surface area contributed by atoms with Crippen LogP contribution < -0.4 is 10.5 Å². The Kier molecular flexibility index (Phi) is 3.84. The van der Waals surface area contributed by atoms with Crippen molar-refractivity contribution in [3.63, 3.8) is 0 Å². The molecule has 0 aliphatic rings. The topological polar surface area (TPSA) is 89.3 Å². The molecule has 3 N–H and O–H groups in total. The number of amides is 1. The Bertz CT molecular complexity index is 542. The van der Waals surface area contributed by atoms with Crippen molar-refractivity contribution in [2.45, 2.75) is 24.8 Å². The summed E-state index contributed by atoms with van der Waals surface area (Å²) in [6.45, 7) is 2.66. The lowest BCUT2D eigenvalue weighted by Gasteiger charge is -2.12. The van der Waals surface area contributed by atoms with E-state index >= 15 is 0 Å². The highest BCUT2D eigenvalue weighted by atomic mass is 32.2. The number of primary amides is 1. The molecule has 0 radical (unpaired) electrons. The van der Waals surface area contributed by atoms with E-state index in [4.69, 9.17) is 5.73 Å². The van der Waals surface area contributed by atoms with E-state index in [1.54, 1.807) is 0 Å². The number of hydrogen-bond acceptors (Lipinski definition) is 3. The smallest absolute Gasteiger partial charge is 0.241 e. The summed E-state index contributed by atoms with van der Waals surface area (Å²) >= 11 is 0. The second-order valence-corrected chi connectivity index (χ2v) is 5.29. The largest absolute Gasteiger partial charge is 0.368 e. The summed E-state index contributed by atoms with van der Waals surface area (Å²) < 4.78 is 39.0. The van der Waals surface area contributed by atoms with E-state index in [1.807, 2.05) is 0 Å². The number of rotatable bonds is 4. The molecule has 0 saturated heterocycles. The number of nitrogens with two attached hydrogens (primary N) is 1. The summed E-state index contributed by atoms with van der Waals surface area (Å²) in [7, 11) is -3.95. The third-order valence-electron chi connectivity index (χ3n) is 2.27. The van der Waals surface area contributed by atoms with Crippen LogP contribution in [0.3, 0.4) is 0 Å². The number of hydrogen-bond donors (Lipinski definition) is 2. The van der Waals surface area contributed by atoms with Crippen molar-refractivity contribution >= 4 is 15.9 Å². The lowest BCUT2D eigenvalue weighted by molar-refractivity contribution is -0.119. The SMILES string of the molecule is Cc1c(F)cccc1S(=O)(=O)N[C@H](C)C(N)=O. The summed E-state index contributed by atoms with van der Waals surface area (Å²) in [4.78, 5) is 10.6. The molecule has 1 amide bonds. The fraction of sp³-hybridized carbons (Fsp3) is 0.300. The molecule has 7 heteroatoms. The highest BCUT2D eigenvalue weighted by Gasteiger charge is 2.22. The molecular formula is C10H13FN2O3S. The Labute approximate surface area is 98.9 Å². The van der Waals surface area contributed by atoms with Gasteiger partial charge in [-0.3, -0.25) is 4.79 Å². The maximum Gasteiger partial charge on any atom is 0.241 e. The quantitative estimate of drug-likeness (QED) is 0.815. The number of benzene rings is 1. The summed E-state index contributed by atoms with van der Waals surface area (Å²) in [6, 6.07) is 2.65. The van der Waals surface area contributed by atoms with Crippen LogP contribution in [0.2, 0.25) is 0 Å². The highest BCUT2D eigenvalue weighted by molar-refractivity contribution is 7.89. The Morgan fingerprint density at radius 2 is 2.06 bits per heavy atom. The van der Waals surface area contributed by atoms with Crippen molar-refractivity contribution in [3.05, 3.63) is 29.6 Å². The van der Waals surface area contributed by atoms with Gasteiger partial charge in [-0.05, 0) is 26.0 Å². The maximum atomic E-state index is 13.2. The fourth-order valence-electron chi connectivity index (χ4n) is 1.23. The maximum absolute atomic E-state index is 13.2. The van der Waals surface area contributed by atoms with Crippen molar-refractivity contribution in [2.75, 3.05) is 0 Å². The number of carbonyl (C=O) groups excluding carboxylic acids is 1. The van der Waals surface area contributed by atoms with Gasteiger partial charge in [0.15, 0.2) is 0 Å². The van der Waals surface area contributed by atoms with Gasteiger partial charge in [0, 0.05) is 5.56 Å². The first-order valence-electron chi connectivity index (χ1n) is 4.82. The first-order chi connectivity index (χ1) is 7.75. The zero-order valence-electron chi connectivity index (χ0n) is 9.40. The molecule has 1 atom stereocenters. The summed E-state index contributed by atoms with van der Waals surface area (Å²) in [5, 5.41) is 0. The predicted octanol–water partition coefficient (Wildman–Crippen LogP) is 0.286. The van der Waals surface area contributed by atoms with Crippen LogP contribution in [0.25, 0.3) is 0 Å². The second kappa shape index (κ2) is 4.80. The van der Waals surface area contributed by atoms with E-state index in [9.17, 15) is 17.6 Å². The van der Waals surface area contributed by atoms with Gasteiger partial charge in [0.1, 0.15) is 5.82 Å². The van der Waals surface area contributed by atoms with Gasteiger partial charge in [0.05, 0.1) is 10.9 Å². The summed E-state index contributed by atoms with van der Waals surface area (Å²) in [6.07, 6.45) is 0. The Hall–Kier alpha value is -1.47. The average molecular weight is 260 g/mol. The van der Waals surface area contributed by atoms with Gasteiger partial charge in [0.2, 0.25) is 15.9 Å². The zero-order valence-corrected chi connectivity index (χ0v) is 10.2. The van der Waals surface area contributed by atoms with Crippen LogP contribution in [0.4, 0.5) is 4.39 Å². The molecule has 17 heavy (non-hydrogen) atoms. The predicted molar refractivity (Wildman–Crippen MR) is 60.1 cm³/mol. The van der Waals surface area contributed by atoms with Crippen LogP contribution in [0, 0.1) is 12.7 Å². The molecule has 0 aliphatic heterocycles. The molecule has 0 fully saturated rings. The van der Waals surface area contributed by atoms with Crippen molar-refractivity contribution in [2.24, 2.45) is 5.73 Å². The molecular weight excluding hydrogens is 247 g/mol. The van der Waals surface area contributed by atoms with E-state index in [-0.39, 0.29) is 10.5 Å². The number of sulfonamides is 1. The summed E-state index contributed by atoms with van der Waals surface area (Å²) in [5.41, 5.74) is 4.95. The van der Waals surface area contributed by atoms with Crippen LogP contribution in [0.1, 0.15) is 12.5 Å². The molecule has 1 aromatic rings. The minimum Gasteiger partial charge on any atom is -0.368 e. The molecule has 1 rings (SSSR count). The first kappa shape index (κ1) is 13.6. The highest BCUT2D eigenvalue weighted by Crippen LogP contribution is 2.17. The number of nitrogens with one attached hydrogen (secondary N) is 1. The molecule has 0 heterocycles. The average Bonchev–Trinajstić information content (AvgIpc) is 2.21. The molecule has 94 valence electrons. The van der Waals surface area contributed by atoms with E-state index in [2.05, 4.69) is 4.72 Å². The molecule has 0 bridgehead atoms. The van der Waals surface area contributed by atoms with Crippen LogP contribution >= 0.6 is 0 Å². The molecule has 0 unspecified atom stereocenters. The molecule has 0 aromatic heterocycles. The van der Waals surface area contributed by atoms with Crippen molar-refractivity contribution in [1.29, 1.82) is 0 Å². The third kappa shape index (κ3) is 3.01. The Morgan fingerprint density at radius 1 is 1.47 bits per heavy atom. The minimum atomic E-state index is -3.95. The van der Waals surface area contributed by atoms with Gasteiger partial charge < -0.3 is 5.73 Å². The monoisotopic (exact) mass is 260 g/mol. The van der Waals surface area contributed by atoms with Crippen molar-refractivity contribution < 1.29 is 17.6 Å². The van der Waals surface area contributed by atoms with Crippen molar-refractivity contribution in [3.8, 4) is 0 Å². The molecule has 1 aromatic carbocycles. The second-order valence-electron chi connectivity index (χ2n) is 3.61. The van der Waals surface area contributed by atoms with Crippen molar-refractivity contribution in [1.82, 2.24) is 4.72 Å². The Morgan fingerprint density at radius 3 is 2.59 bits per heavy atom. The molecule has 0 saturated carbocycles. The van der Waals surface area contributed by atoms with E-state index < -0.39 is 27.8 Å². The van der Waals surface area contributed by atoms with Gasteiger partial charge in [-0.2, -0.15) is 4.72 Å². The standard InChI is InChI=1S/C10H13FN2O3S/c1-6-8(11)4-3-5-9(6)17(15,16)13-7(2)10(12)14/h3-5,7,13H,1-2H3,(H2,12,14)/t7-/m1/s1. The van der Waals surface area contributed by atoms with E-state index in [0.29, 0.717) is 0 Å². The lowest BCUT2D eigenvalue weighted by atomic mass is 10.2. The molecule has 0 aliphatic carbocycles. The minimum absolute atomic E-state index is 0.00308. The van der Waals surface area contributed by atoms with Crippen LogP contribution in [0.15, 0.2) is 23.1 Å². The number of carbonyl (C=O) groups is 1. The van der Waals surface area contributed by atoms with Gasteiger partial charge >= 0.3 is 0 Å². The molecule has 0 spiro atoms. The zero-order chi connectivity index (χ0) is 13.2. The first-order valence-corrected chi connectivity index (χ1v) is 6.31. The van der Waals surface area contributed by atoms with Crippen LogP contribution in [0.5, 0.6) is 0 Å². The third-order valence-corrected chi connectivity index (χ3v) is 3.95.